The standard InChI is InChI=1S/C24H32O4S.C16H16ClN3O3S/c1-14(25)29-19-13-15-12-16(26)4-8-22(15,2)17-5-9-23(3)18(21(17)19)6-10-24(23)11-7-20(27)28-24;1-9-5-3-4-6-14(9)20-10(2)19-13-8-12(17)15(24(18,22)23)7-11(13)16(20)21/h12,17-19,21H,4-11,13H2,1-3H3;3-8,10,19H,1-2H3,(H2,18,22,23)/t17-,18-,19+,21+,22-,23-,24+;/m0./s1. The number of carbonyl (C=O) groups excluding carboxylic acids is 4. The van der Waals surface area contributed by atoms with E-state index in [-0.39, 0.29) is 66.1 Å². The van der Waals surface area contributed by atoms with Crippen molar-refractivity contribution in [3.05, 3.63) is 64.2 Å². The first-order chi connectivity index (χ1) is 24.9. The normalized spacial score (nSPS) is 34.5. The fourth-order valence-corrected chi connectivity index (χ4v) is 13.3. The number of carbonyl (C=O) groups is 4. The number of nitrogens with one attached hydrogen (secondary N) is 1. The average Bonchev–Trinajstić information content (AvgIpc) is 3.60. The largest absolute Gasteiger partial charge is 0.458 e. The first kappa shape index (κ1) is 38.1. The number of hydrogen-bond donors (Lipinski definition) is 2. The summed E-state index contributed by atoms with van der Waals surface area (Å²) in [5.41, 5.74) is 3.47. The third kappa shape index (κ3) is 6.35. The minimum Gasteiger partial charge on any atom is -0.458 e. The number of hydrogen-bond acceptors (Lipinski definition) is 9. The molecule has 53 heavy (non-hydrogen) atoms. The first-order valence-corrected chi connectivity index (χ1v) is 21.3. The number of amides is 1. The fraction of sp³-hybridized carbons (Fsp3) is 0.550. The molecule has 0 aromatic heterocycles. The van der Waals surface area contributed by atoms with Gasteiger partial charge in [0, 0.05) is 36.1 Å². The van der Waals surface area contributed by atoms with Gasteiger partial charge in [-0.1, -0.05) is 61.0 Å². The number of nitrogens with two attached hydrogens (primary N) is 1. The maximum absolute atomic E-state index is 13.0. The number of para-hydroxylation sites is 1. The Balaban J connectivity index is 0.000000168. The number of anilines is 2. The van der Waals surface area contributed by atoms with Gasteiger partial charge in [0.25, 0.3) is 5.91 Å². The number of sulfonamides is 1. The van der Waals surface area contributed by atoms with E-state index in [1.54, 1.807) is 11.8 Å². The fourth-order valence-electron chi connectivity index (χ4n) is 10.9. The molecule has 2 heterocycles. The number of aryl methyl sites for hydroxylation is 1. The molecule has 2 aliphatic heterocycles. The van der Waals surface area contributed by atoms with Gasteiger partial charge in [-0.3, -0.25) is 24.1 Å². The number of fused-ring (bicyclic) bond motifs is 7. The number of thioether (sulfide) groups is 1. The van der Waals surface area contributed by atoms with Gasteiger partial charge in [-0.25, -0.2) is 13.6 Å². The molecular weight excluding hydrogens is 734 g/mol. The summed E-state index contributed by atoms with van der Waals surface area (Å²) in [6.45, 7) is 10.2. The summed E-state index contributed by atoms with van der Waals surface area (Å²) in [6, 6.07) is 10.1. The Morgan fingerprint density at radius 1 is 1.04 bits per heavy atom. The van der Waals surface area contributed by atoms with Crippen LogP contribution in [0.15, 0.2) is 52.9 Å². The molecule has 284 valence electrons. The van der Waals surface area contributed by atoms with Crippen LogP contribution in [0.2, 0.25) is 5.02 Å². The second-order valence-electron chi connectivity index (χ2n) is 16.3. The maximum Gasteiger partial charge on any atom is 0.306 e. The summed E-state index contributed by atoms with van der Waals surface area (Å²) in [5, 5.41) is 8.74. The van der Waals surface area contributed by atoms with Gasteiger partial charge in [-0.15, -0.1) is 0 Å². The second-order valence-corrected chi connectivity index (χ2v) is 19.7. The Hall–Kier alpha value is -3.19. The number of esters is 1. The van der Waals surface area contributed by atoms with Crippen LogP contribution in [0.3, 0.4) is 0 Å². The highest BCUT2D eigenvalue weighted by molar-refractivity contribution is 8.14. The van der Waals surface area contributed by atoms with Crippen LogP contribution in [0, 0.1) is 35.5 Å². The summed E-state index contributed by atoms with van der Waals surface area (Å²) in [4.78, 5) is 50.7. The third-order valence-corrected chi connectivity index (χ3v) is 16.1. The highest BCUT2D eigenvalue weighted by Gasteiger charge is 2.68. The number of benzene rings is 2. The molecular formula is C40H48ClN3O7S2. The van der Waals surface area contributed by atoms with Crippen molar-refractivity contribution in [2.75, 3.05) is 10.2 Å². The second kappa shape index (κ2) is 13.5. The molecule has 1 amide bonds. The van der Waals surface area contributed by atoms with Crippen molar-refractivity contribution in [1.82, 2.24) is 0 Å². The zero-order valence-corrected chi connectivity index (χ0v) is 33.3. The van der Waals surface area contributed by atoms with Crippen LogP contribution in [0.5, 0.6) is 0 Å². The lowest BCUT2D eigenvalue weighted by atomic mass is 9.46. The van der Waals surface area contributed by atoms with Crippen molar-refractivity contribution >= 4 is 67.5 Å². The minimum absolute atomic E-state index is 0.0119. The number of primary sulfonamides is 1. The van der Waals surface area contributed by atoms with Crippen LogP contribution in [-0.2, 0) is 29.1 Å². The molecule has 4 aliphatic carbocycles. The van der Waals surface area contributed by atoms with Crippen molar-refractivity contribution in [3.8, 4) is 0 Å². The van der Waals surface area contributed by atoms with E-state index < -0.39 is 10.0 Å². The molecule has 0 radical (unpaired) electrons. The number of allylic oxidation sites excluding steroid dienone is 1. The van der Waals surface area contributed by atoms with Crippen molar-refractivity contribution < 1.29 is 32.3 Å². The van der Waals surface area contributed by atoms with E-state index in [9.17, 15) is 27.6 Å². The van der Waals surface area contributed by atoms with Gasteiger partial charge in [0.05, 0.1) is 16.3 Å². The summed E-state index contributed by atoms with van der Waals surface area (Å²) in [7, 11) is -4.02. The van der Waals surface area contributed by atoms with Crippen molar-refractivity contribution in [2.24, 2.45) is 33.7 Å². The van der Waals surface area contributed by atoms with Crippen LogP contribution in [0.4, 0.5) is 11.4 Å². The predicted molar refractivity (Wildman–Crippen MR) is 206 cm³/mol. The Morgan fingerprint density at radius 2 is 1.75 bits per heavy atom. The lowest BCUT2D eigenvalue weighted by Gasteiger charge is -2.61. The molecule has 10 nitrogen and oxygen atoms in total. The quantitative estimate of drug-likeness (QED) is 0.301. The van der Waals surface area contributed by atoms with Crippen LogP contribution in [0.1, 0.15) is 101 Å². The van der Waals surface area contributed by atoms with E-state index in [1.807, 2.05) is 44.2 Å². The zero-order chi connectivity index (χ0) is 38.2. The van der Waals surface area contributed by atoms with E-state index in [1.165, 1.54) is 29.5 Å². The zero-order valence-electron chi connectivity index (χ0n) is 30.9. The van der Waals surface area contributed by atoms with Crippen molar-refractivity contribution in [2.45, 2.75) is 114 Å². The molecule has 4 fully saturated rings. The number of ketones is 1. The van der Waals surface area contributed by atoms with E-state index in [2.05, 4.69) is 19.2 Å². The molecule has 1 saturated heterocycles. The van der Waals surface area contributed by atoms with E-state index >= 15 is 0 Å². The van der Waals surface area contributed by atoms with Gasteiger partial charge in [0.2, 0.25) is 10.0 Å². The maximum atomic E-state index is 13.0. The monoisotopic (exact) mass is 781 g/mol. The molecule has 13 heteroatoms. The SMILES string of the molecule is CC(=O)S[C@@H]1CC2=CC(=O)CC[C@]2(C)[C@H]2CC[C@@]3(C)[C@@H](CC[C@@]34CCC(=O)O4)[C@H]12.Cc1ccccc1N1C(=O)c2cc(S(N)(=O)=O)c(Cl)cc2NC1C. The topological polar surface area (TPSA) is 153 Å². The number of nitrogens with zero attached hydrogens (tertiary/aromatic N) is 1. The minimum atomic E-state index is -4.02. The highest BCUT2D eigenvalue weighted by atomic mass is 35.5. The summed E-state index contributed by atoms with van der Waals surface area (Å²) in [6.07, 6.45) is 9.70. The molecule has 8 atom stereocenters. The van der Waals surface area contributed by atoms with Crippen molar-refractivity contribution in [3.63, 3.8) is 0 Å². The average molecular weight is 782 g/mol. The Labute approximate surface area is 321 Å². The lowest BCUT2D eigenvalue weighted by Crippen LogP contribution is -2.57. The molecule has 3 N–H and O–H groups in total. The van der Waals surface area contributed by atoms with Gasteiger partial charge in [-0.05, 0) is 112 Å². The van der Waals surface area contributed by atoms with Gasteiger partial charge in [0.1, 0.15) is 16.7 Å². The summed E-state index contributed by atoms with van der Waals surface area (Å²) >= 11 is 7.49. The number of rotatable bonds is 3. The Morgan fingerprint density at radius 3 is 2.42 bits per heavy atom. The molecule has 2 aromatic carbocycles. The number of ether oxygens (including phenoxy) is 1. The van der Waals surface area contributed by atoms with Gasteiger partial charge in [0.15, 0.2) is 10.9 Å². The Bertz CT molecular complexity index is 2050. The molecule has 1 unspecified atom stereocenters. The molecule has 2 aromatic rings. The van der Waals surface area contributed by atoms with Crippen molar-refractivity contribution in [1.29, 1.82) is 0 Å². The summed E-state index contributed by atoms with van der Waals surface area (Å²) in [5.74, 6) is 1.36. The van der Waals surface area contributed by atoms with Gasteiger partial charge in [-0.2, -0.15) is 0 Å². The summed E-state index contributed by atoms with van der Waals surface area (Å²) < 4.78 is 29.4. The van der Waals surface area contributed by atoms with Crippen LogP contribution < -0.4 is 15.4 Å². The Kier molecular flexibility index (Phi) is 9.73. The van der Waals surface area contributed by atoms with Crippen LogP contribution in [-0.4, -0.2) is 48.2 Å². The molecule has 3 saturated carbocycles. The molecule has 8 rings (SSSR count). The molecule has 6 aliphatic rings. The van der Waals surface area contributed by atoms with Gasteiger partial charge < -0.3 is 10.1 Å². The van der Waals surface area contributed by atoms with E-state index in [4.69, 9.17) is 21.5 Å². The highest BCUT2D eigenvalue weighted by Crippen LogP contribution is 2.70. The smallest absolute Gasteiger partial charge is 0.306 e. The van der Waals surface area contributed by atoms with Crippen LogP contribution in [0.25, 0.3) is 0 Å². The number of halogens is 1. The molecule has 1 spiro atoms. The van der Waals surface area contributed by atoms with E-state index in [0.717, 1.165) is 56.2 Å². The van der Waals surface area contributed by atoms with Crippen LogP contribution >= 0.6 is 23.4 Å². The van der Waals surface area contributed by atoms with Gasteiger partial charge >= 0.3 is 5.97 Å². The lowest BCUT2D eigenvalue weighted by molar-refractivity contribution is -0.167. The molecule has 0 bridgehead atoms. The third-order valence-electron chi connectivity index (χ3n) is 13.6. The van der Waals surface area contributed by atoms with E-state index in [0.29, 0.717) is 36.3 Å². The first-order valence-electron chi connectivity index (χ1n) is 18.5. The predicted octanol–water partition coefficient (Wildman–Crippen LogP) is 7.57.